The maximum atomic E-state index is 12.3. The summed E-state index contributed by atoms with van der Waals surface area (Å²) in [4.78, 5) is 13.4. The lowest BCUT2D eigenvalue weighted by atomic mass is 10.1. The molecule has 1 aliphatic rings. The van der Waals surface area contributed by atoms with Crippen molar-refractivity contribution in [3.05, 3.63) is 35.9 Å². The predicted molar refractivity (Wildman–Crippen MR) is 73.4 cm³/mol. The second-order valence-electron chi connectivity index (χ2n) is 4.87. The van der Waals surface area contributed by atoms with E-state index >= 15 is 0 Å². The Labute approximate surface area is 121 Å². The van der Waals surface area contributed by atoms with E-state index in [-0.39, 0.29) is 12.3 Å². The van der Waals surface area contributed by atoms with Gasteiger partial charge in [-0.3, -0.25) is 4.79 Å². The summed E-state index contributed by atoms with van der Waals surface area (Å²) in [5.74, 6) is 0.712. The van der Waals surface area contributed by atoms with Gasteiger partial charge in [-0.15, -0.1) is 0 Å². The average molecular weight is 297 g/mol. The molecule has 1 amide bonds. The van der Waals surface area contributed by atoms with Crippen molar-refractivity contribution in [3.8, 4) is 11.5 Å². The van der Waals surface area contributed by atoms with Crippen LogP contribution in [0.5, 0.6) is 11.5 Å². The monoisotopic (exact) mass is 297 g/mol. The summed E-state index contributed by atoms with van der Waals surface area (Å²) in [5.41, 5.74) is 0.817. The quantitative estimate of drug-likeness (QED) is 0.839. The molecular formula is C15H17F2NO3. The standard InChI is InChI=1S/C15H17F2NO3/c1-20-12-4-3-11(13(7-12)21-2)9-18-8-10(5-14(16)17)6-15(18)19/h3-5,7,10H,6,8-9H2,1-2H3/t10-/m0/s1. The number of amides is 1. The molecule has 0 N–H and O–H groups in total. The molecule has 0 spiro atoms. The summed E-state index contributed by atoms with van der Waals surface area (Å²) in [6, 6.07) is 5.31. The molecule has 0 unspecified atom stereocenters. The van der Waals surface area contributed by atoms with Crippen molar-refractivity contribution in [1.29, 1.82) is 0 Å². The van der Waals surface area contributed by atoms with Crippen molar-refractivity contribution in [2.24, 2.45) is 5.92 Å². The molecule has 1 aromatic carbocycles. The van der Waals surface area contributed by atoms with Gasteiger partial charge in [-0.2, -0.15) is 8.78 Å². The summed E-state index contributed by atoms with van der Waals surface area (Å²) in [7, 11) is 3.09. The van der Waals surface area contributed by atoms with Gasteiger partial charge in [-0.05, 0) is 18.2 Å². The van der Waals surface area contributed by atoms with Gasteiger partial charge < -0.3 is 14.4 Å². The normalized spacial score (nSPS) is 17.8. The van der Waals surface area contributed by atoms with E-state index in [1.54, 1.807) is 24.1 Å². The second-order valence-corrected chi connectivity index (χ2v) is 4.87. The lowest BCUT2D eigenvalue weighted by molar-refractivity contribution is -0.128. The predicted octanol–water partition coefficient (Wildman–Crippen LogP) is 2.83. The van der Waals surface area contributed by atoms with Crippen LogP contribution in [-0.2, 0) is 11.3 Å². The number of likely N-dealkylation sites (tertiary alicyclic amines) is 1. The highest BCUT2D eigenvalue weighted by Gasteiger charge is 2.29. The first-order chi connectivity index (χ1) is 10.0. The van der Waals surface area contributed by atoms with Crippen LogP contribution in [0.25, 0.3) is 0 Å². The molecule has 1 atom stereocenters. The van der Waals surface area contributed by atoms with E-state index in [1.807, 2.05) is 6.07 Å². The summed E-state index contributed by atoms with van der Waals surface area (Å²) in [5, 5.41) is 0. The topological polar surface area (TPSA) is 38.8 Å². The molecule has 0 bridgehead atoms. The van der Waals surface area contributed by atoms with Gasteiger partial charge in [0.05, 0.1) is 14.2 Å². The number of ether oxygens (including phenoxy) is 2. The van der Waals surface area contributed by atoms with Gasteiger partial charge in [0.2, 0.25) is 5.91 Å². The molecular weight excluding hydrogens is 280 g/mol. The molecule has 0 saturated carbocycles. The molecule has 1 aliphatic heterocycles. The van der Waals surface area contributed by atoms with Crippen LogP contribution in [0.15, 0.2) is 30.4 Å². The second kappa shape index (κ2) is 6.56. The van der Waals surface area contributed by atoms with Crippen LogP contribution < -0.4 is 9.47 Å². The number of halogens is 2. The highest BCUT2D eigenvalue weighted by Crippen LogP contribution is 2.28. The zero-order chi connectivity index (χ0) is 15.4. The van der Waals surface area contributed by atoms with Crippen molar-refractivity contribution in [3.63, 3.8) is 0 Å². The fourth-order valence-corrected chi connectivity index (χ4v) is 2.43. The lowest BCUT2D eigenvalue weighted by Crippen LogP contribution is -2.24. The first-order valence-corrected chi connectivity index (χ1v) is 6.55. The molecule has 4 nitrogen and oxygen atoms in total. The van der Waals surface area contributed by atoms with Gasteiger partial charge in [0, 0.05) is 37.1 Å². The van der Waals surface area contributed by atoms with Crippen molar-refractivity contribution in [1.82, 2.24) is 4.90 Å². The Bertz CT molecular complexity index is 556. The van der Waals surface area contributed by atoms with Crippen LogP contribution in [0.1, 0.15) is 12.0 Å². The smallest absolute Gasteiger partial charge is 0.266 e. The molecule has 0 radical (unpaired) electrons. The Morgan fingerprint density at radius 3 is 2.76 bits per heavy atom. The molecule has 6 heteroatoms. The number of nitrogens with zero attached hydrogens (tertiary/aromatic N) is 1. The Balaban J connectivity index is 2.11. The van der Waals surface area contributed by atoms with Gasteiger partial charge in [-0.25, -0.2) is 0 Å². The molecule has 1 saturated heterocycles. The van der Waals surface area contributed by atoms with Crippen LogP contribution in [0, 0.1) is 5.92 Å². The minimum Gasteiger partial charge on any atom is -0.497 e. The van der Waals surface area contributed by atoms with E-state index < -0.39 is 12.0 Å². The van der Waals surface area contributed by atoms with Gasteiger partial charge in [0.25, 0.3) is 6.08 Å². The molecule has 0 aromatic heterocycles. The van der Waals surface area contributed by atoms with Crippen LogP contribution in [0.2, 0.25) is 0 Å². The van der Waals surface area contributed by atoms with Gasteiger partial charge >= 0.3 is 0 Å². The maximum absolute atomic E-state index is 12.3. The largest absolute Gasteiger partial charge is 0.497 e. The Morgan fingerprint density at radius 2 is 2.14 bits per heavy atom. The number of methoxy groups -OCH3 is 2. The van der Waals surface area contributed by atoms with Crippen molar-refractivity contribution in [2.45, 2.75) is 13.0 Å². The zero-order valence-corrected chi connectivity index (χ0v) is 11.9. The van der Waals surface area contributed by atoms with Crippen LogP contribution >= 0.6 is 0 Å². The van der Waals surface area contributed by atoms with Crippen molar-refractivity contribution >= 4 is 5.91 Å². The first kappa shape index (κ1) is 15.3. The number of benzene rings is 1. The Morgan fingerprint density at radius 1 is 1.38 bits per heavy atom. The van der Waals surface area contributed by atoms with E-state index in [4.69, 9.17) is 9.47 Å². The molecule has 1 fully saturated rings. The fourth-order valence-electron chi connectivity index (χ4n) is 2.43. The van der Waals surface area contributed by atoms with Crippen LogP contribution in [-0.4, -0.2) is 31.6 Å². The Kier molecular flexibility index (Phi) is 4.77. The highest BCUT2D eigenvalue weighted by molar-refractivity contribution is 5.79. The van der Waals surface area contributed by atoms with E-state index in [0.717, 1.165) is 11.6 Å². The third-order valence-corrected chi connectivity index (χ3v) is 3.46. The lowest BCUT2D eigenvalue weighted by Gasteiger charge is -2.18. The van der Waals surface area contributed by atoms with E-state index in [1.165, 1.54) is 7.11 Å². The molecule has 2 rings (SSSR count). The number of carbonyl (C=O) groups is 1. The van der Waals surface area contributed by atoms with Gasteiger partial charge in [0.15, 0.2) is 0 Å². The van der Waals surface area contributed by atoms with Crippen LogP contribution in [0.4, 0.5) is 8.78 Å². The fraction of sp³-hybridized carbons (Fsp3) is 0.400. The summed E-state index contributed by atoms with van der Waals surface area (Å²) in [6.45, 7) is 0.635. The number of hydrogen-bond acceptors (Lipinski definition) is 3. The highest BCUT2D eigenvalue weighted by atomic mass is 19.3. The SMILES string of the molecule is COc1ccc(CN2C[C@@H](C=C(F)F)CC2=O)c(OC)c1. The average Bonchev–Trinajstić information content (AvgIpc) is 2.78. The van der Waals surface area contributed by atoms with Crippen LogP contribution in [0.3, 0.4) is 0 Å². The van der Waals surface area contributed by atoms with E-state index in [9.17, 15) is 13.6 Å². The maximum Gasteiger partial charge on any atom is 0.266 e. The van der Waals surface area contributed by atoms with Gasteiger partial charge in [-0.1, -0.05) is 0 Å². The summed E-state index contributed by atoms with van der Waals surface area (Å²) in [6.07, 6.45) is -0.768. The third kappa shape index (κ3) is 3.71. The molecule has 0 aliphatic carbocycles. The number of rotatable bonds is 5. The van der Waals surface area contributed by atoms with Gasteiger partial charge in [0.1, 0.15) is 11.5 Å². The minimum atomic E-state index is -1.74. The number of hydrogen-bond donors (Lipinski definition) is 0. The van der Waals surface area contributed by atoms with E-state index in [0.29, 0.717) is 24.6 Å². The Hall–Kier alpha value is -2.11. The van der Waals surface area contributed by atoms with Crippen molar-refractivity contribution in [2.75, 3.05) is 20.8 Å². The summed E-state index contributed by atoms with van der Waals surface area (Å²) < 4.78 is 34.9. The molecule has 114 valence electrons. The van der Waals surface area contributed by atoms with Crippen molar-refractivity contribution < 1.29 is 23.0 Å². The summed E-state index contributed by atoms with van der Waals surface area (Å²) >= 11 is 0. The third-order valence-electron chi connectivity index (χ3n) is 3.46. The van der Waals surface area contributed by atoms with E-state index in [2.05, 4.69) is 0 Å². The first-order valence-electron chi connectivity index (χ1n) is 6.55. The minimum absolute atomic E-state index is 0.121. The molecule has 1 aromatic rings. The molecule has 1 heterocycles. The molecule has 21 heavy (non-hydrogen) atoms. The number of carbonyl (C=O) groups excluding carboxylic acids is 1. The zero-order valence-electron chi connectivity index (χ0n) is 11.9.